The molecule has 0 heterocycles. The smallest absolute Gasteiger partial charge is 0.390 e. The van der Waals surface area contributed by atoms with Gasteiger partial charge in [-0.2, -0.15) is 0 Å². The third-order valence-corrected chi connectivity index (χ3v) is 20.7. The Kier molecular flexibility index (Phi) is 66.4. The lowest BCUT2D eigenvalue weighted by Gasteiger charge is -2.16. The normalized spacial score (nSPS) is 14.9. The van der Waals surface area contributed by atoms with Crippen molar-refractivity contribution in [1.29, 1.82) is 0 Å². The summed E-state index contributed by atoms with van der Waals surface area (Å²) < 4.78 is 0. The maximum Gasteiger partial charge on any atom is 0.497 e. The van der Waals surface area contributed by atoms with Gasteiger partial charge in [0.2, 0.25) is 0 Å². The monoisotopic (exact) mass is 1360 g/mol. The van der Waals surface area contributed by atoms with Gasteiger partial charge >= 0.3 is 79.2 Å². The fourth-order valence-electron chi connectivity index (χ4n) is 4.37. The molecule has 0 aliphatic carbocycles. The highest BCUT2D eigenvalue weighted by molar-refractivity contribution is 6.59. The van der Waals surface area contributed by atoms with Gasteiger partial charge < -0.3 is 181 Å². The Morgan fingerprint density at radius 2 is 0.543 bits per heavy atom. The Balaban J connectivity index is -0.000000103. The van der Waals surface area contributed by atoms with Crippen LogP contribution >= 0.6 is 0 Å². The molecule has 0 rings (SSSR count). The molecule has 0 radical (unpaired) electrons. The minimum atomic E-state index is -3.89. The van der Waals surface area contributed by atoms with Crippen LogP contribution in [0.25, 0.3) is 0 Å². The number of hydrogen-bond donors (Lipinski definition) is 36. The number of hydrogen-bond acceptors (Lipinski definition) is 36. The first-order valence-electron chi connectivity index (χ1n) is 25.8. The molecule has 504 valence electrons. The Hall–Kier alpha value is 0.512. The Morgan fingerprint density at radius 1 is 0.259 bits per heavy atom. The van der Waals surface area contributed by atoms with Crippen LogP contribution in [0.15, 0.2) is 0 Å². The Bertz CT molecular complexity index is 1310. The van der Waals surface area contributed by atoms with Crippen LogP contribution in [-0.2, 0) is 0 Å². The zero-order valence-electron chi connectivity index (χ0n) is 48.4. The largest absolute Gasteiger partial charge is 0.497 e. The maximum atomic E-state index is 8.72. The second kappa shape index (κ2) is 53.5. The zero-order valence-corrected chi connectivity index (χ0v) is 57.4. The maximum absolute atomic E-state index is 8.72. The van der Waals surface area contributed by atoms with Crippen molar-refractivity contribution in [1.82, 2.24) is 0 Å². The third-order valence-electron chi connectivity index (χ3n) is 9.42. The minimum absolute atomic E-state index is 0.0170. The van der Waals surface area contributed by atoms with Gasteiger partial charge in [0.25, 0.3) is 0 Å². The van der Waals surface area contributed by atoms with Gasteiger partial charge in [-0.25, -0.2) is 0 Å². The van der Waals surface area contributed by atoms with Crippen molar-refractivity contribution in [2.24, 2.45) is 57.5 Å². The molecule has 0 aromatic heterocycles. The summed E-state index contributed by atoms with van der Waals surface area (Å²) in [5.41, 5.74) is 45.1. The fourth-order valence-corrected chi connectivity index (χ4v) is 10.6. The molecule has 0 aromatic carbocycles. The van der Waals surface area contributed by atoms with Crippen molar-refractivity contribution in [2.75, 3.05) is 39.3 Å². The van der Waals surface area contributed by atoms with Gasteiger partial charge in [-0.3, -0.25) is 0 Å². The van der Waals surface area contributed by atoms with E-state index in [0.29, 0.717) is 71.2 Å². The van der Waals surface area contributed by atoms with Crippen LogP contribution in [0.3, 0.4) is 0 Å². The van der Waals surface area contributed by atoms with Crippen molar-refractivity contribution >= 4 is 79.2 Å². The van der Waals surface area contributed by atoms with E-state index in [-0.39, 0.29) is 66.9 Å². The summed E-state index contributed by atoms with van der Waals surface area (Å²) in [4.78, 5) is 230. The zero-order chi connectivity index (χ0) is 67.1. The van der Waals surface area contributed by atoms with Crippen LogP contribution in [0.5, 0.6) is 0 Å². The highest BCUT2D eigenvalue weighted by atomic mass is 28.4. The summed E-state index contributed by atoms with van der Waals surface area (Å²) in [6, 6.07) is 0.0576. The summed E-state index contributed by atoms with van der Waals surface area (Å²) in [5, 5.41) is 0. The van der Waals surface area contributed by atoms with E-state index in [4.69, 9.17) is 181 Å². The third kappa shape index (κ3) is 119. The van der Waals surface area contributed by atoms with E-state index in [1.807, 2.05) is 13.8 Å². The molecule has 0 saturated carbocycles. The molecule has 45 heteroatoms. The number of nitrogens with two attached hydrogens (primary N) is 9. The summed E-state index contributed by atoms with van der Waals surface area (Å²) in [5.74, 6) is -0.0170. The van der Waals surface area contributed by atoms with Gasteiger partial charge in [-0.1, -0.05) is 27.7 Å². The van der Waals surface area contributed by atoms with E-state index in [1.165, 1.54) is 6.92 Å². The van der Waals surface area contributed by atoms with Gasteiger partial charge in [-0.05, 0) is 130 Å². The van der Waals surface area contributed by atoms with Crippen LogP contribution in [0.4, 0.5) is 0 Å². The Morgan fingerprint density at radius 3 is 0.691 bits per heavy atom. The summed E-state index contributed by atoms with van der Waals surface area (Å²) in [6.45, 7) is 14.0. The van der Waals surface area contributed by atoms with Crippen molar-refractivity contribution in [3.05, 3.63) is 0 Å². The van der Waals surface area contributed by atoms with E-state index in [0.717, 1.165) is 25.7 Å². The predicted octanol–water partition coefficient (Wildman–Crippen LogP) is -12.4. The van der Waals surface area contributed by atoms with Crippen molar-refractivity contribution < 1.29 is 129 Å². The first kappa shape index (κ1) is 100. The molecule has 81 heavy (non-hydrogen) atoms. The van der Waals surface area contributed by atoms with Crippen molar-refractivity contribution in [2.45, 2.75) is 184 Å². The van der Waals surface area contributed by atoms with Gasteiger partial charge in [0.15, 0.2) is 0 Å². The second-order valence-electron chi connectivity index (χ2n) is 19.8. The SMILES string of the molecule is CC(CCCN)[Si](O)(O)O.CC(CCN)[Si](O)(O)O.CC(CN)C[Si](O)(O)O.CC(CN)[Si](O)(O)O.CC(N)CCC[Si](O)(O)O.CC(N)CCC[Si](O)(O)O.CC(N)C[Si](O)(O)O.NCCCC[Si](O)(O)O.NCCC[Si](O)(O)O. The minimum Gasteiger partial charge on any atom is -0.390 e. The molecule has 0 aromatic rings. The molecular weight excluding hydrogens is 1240 g/mol. The van der Waals surface area contributed by atoms with Crippen LogP contribution in [0.1, 0.15) is 113 Å². The van der Waals surface area contributed by atoms with Crippen LogP contribution < -0.4 is 51.6 Å². The lowest BCUT2D eigenvalue weighted by molar-refractivity contribution is 0.208. The second-order valence-corrected chi connectivity index (χ2v) is 38.9. The molecule has 0 fully saturated rings. The molecule has 0 saturated heterocycles. The first-order valence-corrected chi connectivity index (χ1v) is 43.8. The molecule has 0 aliphatic heterocycles. The van der Waals surface area contributed by atoms with Crippen LogP contribution in [0, 0.1) is 5.92 Å². The molecular formula is C36H117N9O27Si9. The molecule has 0 aliphatic rings. The van der Waals surface area contributed by atoms with Gasteiger partial charge in [-0.15, -0.1) is 0 Å². The predicted molar refractivity (Wildman–Crippen MR) is 319 cm³/mol. The molecule has 0 bridgehead atoms. The quantitative estimate of drug-likeness (QED) is 0.0244. The summed E-state index contributed by atoms with van der Waals surface area (Å²) >= 11 is 0. The summed E-state index contributed by atoms with van der Waals surface area (Å²) in [6.07, 6.45) is 6.13. The van der Waals surface area contributed by atoms with Gasteiger partial charge in [0.1, 0.15) is 0 Å². The van der Waals surface area contributed by atoms with Crippen LogP contribution in [0.2, 0.25) is 52.9 Å². The number of unbranched alkanes of at least 4 members (excludes halogenated alkanes) is 1. The highest BCUT2D eigenvalue weighted by Crippen LogP contribution is 2.19. The molecule has 7 atom stereocenters. The van der Waals surface area contributed by atoms with E-state index >= 15 is 0 Å². The lowest BCUT2D eigenvalue weighted by Crippen LogP contribution is -2.42. The molecule has 45 N–H and O–H groups in total. The first-order chi connectivity index (χ1) is 35.8. The average molecular weight is 1360 g/mol. The topological polar surface area (TPSA) is 780 Å². The van der Waals surface area contributed by atoms with E-state index in [1.54, 1.807) is 27.7 Å². The van der Waals surface area contributed by atoms with E-state index < -0.39 is 95.9 Å². The lowest BCUT2D eigenvalue weighted by atomic mass is 10.2. The molecule has 0 amide bonds. The molecule has 36 nitrogen and oxygen atoms in total. The van der Waals surface area contributed by atoms with Crippen molar-refractivity contribution in [3.63, 3.8) is 0 Å². The standard InChI is InChI=1S/3C5H15NO3Si.3C4H13NO3Si.3C3H11NO3Si/c2*1-5(6)3-2-4-10(7,8)9;1-5(3-2-4-6)10(7,8)9;1-4(2-5)3-9(6,7)8;1-4(2-3-5)9(6,7)8;5-3-1-2-4-9(6,7)8;1-3(4)2-8(5,6)7;1-3(2-4)8(5,6)7;4-2-1-3-8(5,6)7/h3*5,7-9H,2-4,6H2,1H3;2*4,6-8H,2-3,5H2,1H3;6-8H,1-5H2;2*3,5-7H,2,4H2,1H3;5-7H,1-4H2. The number of rotatable bonds is 29. The van der Waals surface area contributed by atoms with Crippen molar-refractivity contribution in [3.8, 4) is 0 Å². The summed E-state index contributed by atoms with van der Waals surface area (Å²) in [7, 11) is -34.3. The van der Waals surface area contributed by atoms with E-state index in [2.05, 4.69) is 0 Å². The average Bonchev–Trinajstić information content (AvgIpc) is 3.22. The van der Waals surface area contributed by atoms with Crippen LogP contribution in [-0.4, -0.2) is 266 Å². The van der Waals surface area contributed by atoms with E-state index in [9.17, 15) is 0 Å². The highest BCUT2D eigenvalue weighted by Gasteiger charge is 2.36. The van der Waals surface area contributed by atoms with Gasteiger partial charge in [0.05, 0.1) is 0 Å². The van der Waals surface area contributed by atoms with Gasteiger partial charge in [0, 0.05) is 71.0 Å². The molecule has 0 spiro atoms. The fraction of sp³-hybridized carbons (Fsp3) is 1.00. The molecule has 7 unspecified atom stereocenters. The Labute approximate surface area is 487 Å².